The molecule has 1 fully saturated rings. The molecule has 0 radical (unpaired) electrons. The second-order valence-electron chi connectivity index (χ2n) is 4.86. The van der Waals surface area contributed by atoms with E-state index in [9.17, 15) is 9.18 Å². The van der Waals surface area contributed by atoms with E-state index in [0.29, 0.717) is 17.5 Å². The van der Waals surface area contributed by atoms with Gasteiger partial charge in [0.25, 0.3) is 0 Å². The van der Waals surface area contributed by atoms with E-state index in [2.05, 4.69) is 10.6 Å². The van der Waals surface area contributed by atoms with E-state index < -0.39 is 5.82 Å². The molecule has 1 aliphatic rings. The molecule has 1 aromatic rings. The van der Waals surface area contributed by atoms with E-state index in [0.717, 1.165) is 19.4 Å². The highest BCUT2D eigenvalue weighted by molar-refractivity contribution is 6.30. The summed E-state index contributed by atoms with van der Waals surface area (Å²) in [5.41, 5.74) is 0.186. The molecule has 1 aromatic carbocycles. The van der Waals surface area contributed by atoms with Gasteiger partial charge in [-0.15, -0.1) is 0 Å². The first-order chi connectivity index (χ1) is 9.15. The van der Waals surface area contributed by atoms with Gasteiger partial charge in [-0.25, -0.2) is 4.39 Å². The molecule has 0 bridgehead atoms. The van der Waals surface area contributed by atoms with Crippen LogP contribution in [0.2, 0.25) is 5.02 Å². The Morgan fingerprint density at radius 3 is 3.00 bits per heavy atom. The zero-order valence-electron chi connectivity index (χ0n) is 10.7. The summed E-state index contributed by atoms with van der Waals surface area (Å²) in [5, 5.41) is 6.28. The zero-order valence-corrected chi connectivity index (χ0v) is 11.5. The molecule has 2 rings (SSSR count). The van der Waals surface area contributed by atoms with Crippen LogP contribution in [-0.2, 0) is 4.79 Å². The third-order valence-corrected chi connectivity index (χ3v) is 3.57. The number of nitrogens with one attached hydrogen (secondary N) is 2. The molecular formula is C14H18ClFN2O. The van der Waals surface area contributed by atoms with Crippen molar-refractivity contribution in [2.75, 3.05) is 11.9 Å². The summed E-state index contributed by atoms with van der Waals surface area (Å²) in [7, 11) is 0. The minimum absolute atomic E-state index is 0.159. The van der Waals surface area contributed by atoms with Crippen LogP contribution in [-0.4, -0.2) is 18.5 Å². The minimum Gasteiger partial charge on any atom is -0.324 e. The topological polar surface area (TPSA) is 41.1 Å². The molecule has 19 heavy (non-hydrogen) atoms. The van der Waals surface area contributed by atoms with E-state index in [4.69, 9.17) is 11.6 Å². The van der Waals surface area contributed by atoms with Crippen molar-refractivity contribution in [1.82, 2.24) is 5.32 Å². The molecular weight excluding hydrogens is 267 g/mol. The molecule has 0 aromatic heterocycles. The molecule has 1 unspecified atom stereocenters. The Balaban J connectivity index is 1.80. The Kier molecular flexibility index (Phi) is 5.16. The third-order valence-electron chi connectivity index (χ3n) is 3.34. The number of amides is 1. The lowest BCUT2D eigenvalue weighted by molar-refractivity contribution is -0.116. The molecule has 5 heteroatoms. The van der Waals surface area contributed by atoms with Gasteiger partial charge in [-0.05, 0) is 44.0 Å². The van der Waals surface area contributed by atoms with Crippen molar-refractivity contribution < 1.29 is 9.18 Å². The van der Waals surface area contributed by atoms with Crippen LogP contribution in [0.4, 0.5) is 10.1 Å². The normalized spacial score (nSPS) is 19.2. The van der Waals surface area contributed by atoms with Gasteiger partial charge >= 0.3 is 0 Å². The highest BCUT2D eigenvalue weighted by Crippen LogP contribution is 2.19. The van der Waals surface area contributed by atoms with Crippen LogP contribution in [0, 0.1) is 5.82 Å². The average Bonchev–Trinajstić information content (AvgIpc) is 2.41. The fraction of sp³-hybridized carbons (Fsp3) is 0.500. The van der Waals surface area contributed by atoms with Gasteiger partial charge in [-0.1, -0.05) is 18.0 Å². The van der Waals surface area contributed by atoms with Gasteiger partial charge in [-0.3, -0.25) is 4.79 Å². The summed E-state index contributed by atoms with van der Waals surface area (Å²) >= 11 is 5.66. The number of halogens is 2. The first-order valence-corrected chi connectivity index (χ1v) is 7.01. The fourth-order valence-electron chi connectivity index (χ4n) is 2.28. The predicted molar refractivity (Wildman–Crippen MR) is 74.9 cm³/mol. The van der Waals surface area contributed by atoms with Crippen LogP contribution in [0.3, 0.4) is 0 Å². The second-order valence-corrected chi connectivity index (χ2v) is 5.29. The number of carbonyl (C=O) groups is 1. The molecule has 1 saturated heterocycles. The molecule has 1 atom stereocenters. The Hall–Kier alpha value is -1.13. The standard InChI is InChI=1S/C14H18ClFN2O/c15-10-4-6-13(12(16)9-10)18-14(19)7-5-11-3-1-2-8-17-11/h4,6,9,11,17H,1-3,5,7-8H2,(H,18,19). The van der Waals surface area contributed by atoms with Crippen LogP contribution < -0.4 is 10.6 Å². The molecule has 0 spiro atoms. The van der Waals surface area contributed by atoms with Crippen molar-refractivity contribution in [1.29, 1.82) is 0 Å². The Morgan fingerprint density at radius 1 is 1.47 bits per heavy atom. The van der Waals surface area contributed by atoms with E-state index in [1.165, 1.54) is 25.0 Å². The van der Waals surface area contributed by atoms with Gasteiger partial charge in [-0.2, -0.15) is 0 Å². The van der Waals surface area contributed by atoms with Crippen LogP contribution >= 0.6 is 11.6 Å². The van der Waals surface area contributed by atoms with Gasteiger partial charge in [0.05, 0.1) is 5.69 Å². The quantitative estimate of drug-likeness (QED) is 0.890. The van der Waals surface area contributed by atoms with E-state index in [1.807, 2.05) is 0 Å². The number of rotatable bonds is 4. The Bertz CT molecular complexity index is 447. The molecule has 0 saturated carbocycles. The van der Waals surface area contributed by atoms with Crippen molar-refractivity contribution in [3.63, 3.8) is 0 Å². The first-order valence-electron chi connectivity index (χ1n) is 6.63. The molecule has 0 aliphatic carbocycles. The van der Waals surface area contributed by atoms with Crippen LogP contribution in [0.15, 0.2) is 18.2 Å². The lowest BCUT2D eigenvalue weighted by Crippen LogP contribution is -2.34. The number of hydrogen-bond acceptors (Lipinski definition) is 2. The summed E-state index contributed by atoms with van der Waals surface area (Å²) in [5.74, 6) is -0.662. The molecule has 1 amide bonds. The lowest BCUT2D eigenvalue weighted by atomic mass is 10.0. The van der Waals surface area contributed by atoms with Crippen molar-refractivity contribution in [2.24, 2.45) is 0 Å². The average molecular weight is 285 g/mol. The van der Waals surface area contributed by atoms with Crippen molar-refractivity contribution >= 4 is 23.2 Å². The van der Waals surface area contributed by atoms with Gasteiger partial charge in [0.1, 0.15) is 5.82 Å². The first kappa shape index (κ1) is 14.3. The van der Waals surface area contributed by atoms with Gasteiger partial charge in [0, 0.05) is 17.5 Å². The maximum Gasteiger partial charge on any atom is 0.224 e. The van der Waals surface area contributed by atoms with Crippen LogP contribution in [0.5, 0.6) is 0 Å². The van der Waals surface area contributed by atoms with Crippen molar-refractivity contribution in [3.8, 4) is 0 Å². The van der Waals surface area contributed by atoms with Gasteiger partial charge in [0.15, 0.2) is 0 Å². The molecule has 3 nitrogen and oxygen atoms in total. The summed E-state index contributed by atoms with van der Waals surface area (Å²) < 4.78 is 13.5. The lowest BCUT2D eigenvalue weighted by Gasteiger charge is -2.23. The van der Waals surface area contributed by atoms with Gasteiger partial charge < -0.3 is 10.6 Å². The maximum atomic E-state index is 13.5. The van der Waals surface area contributed by atoms with Crippen molar-refractivity contribution in [3.05, 3.63) is 29.0 Å². The fourth-order valence-corrected chi connectivity index (χ4v) is 2.44. The smallest absolute Gasteiger partial charge is 0.224 e. The Labute approximate surface area is 117 Å². The molecule has 104 valence electrons. The SMILES string of the molecule is O=C(CCC1CCCCN1)Nc1ccc(Cl)cc1F. The summed E-state index contributed by atoms with van der Waals surface area (Å²) in [6, 6.07) is 4.64. The number of anilines is 1. The largest absolute Gasteiger partial charge is 0.324 e. The van der Waals surface area contributed by atoms with E-state index >= 15 is 0 Å². The number of benzene rings is 1. The summed E-state index contributed by atoms with van der Waals surface area (Å²) in [6.45, 7) is 1.03. The monoisotopic (exact) mass is 284 g/mol. The molecule has 2 N–H and O–H groups in total. The van der Waals surface area contributed by atoms with Crippen LogP contribution in [0.25, 0.3) is 0 Å². The zero-order chi connectivity index (χ0) is 13.7. The number of piperidine rings is 1. The summed E-state index contributed by atoms with van der Waals surface area (Å²) in [4.78, 5) is 11.8. The van der Waals surface area contributed by atoms with E-state index in [-0.39, 0.29) is 11.6 Å². The third kappa shape index (κ3) is 4.48. The maximum absolute atomic E-state index is 13.5. The van der Waals surface area contributed by atoms with Gasteiger partial charge in [0.2, 0.25) is 5.91 Å². The summed E-state index contributed by atoms with van der Waals surface area (Å²) in [6.07, 6.45) is 4.73. The second kappa shape index (κ2) is 6.87. The van der Waals surface area contributed by atoms with Crippen molar-refractivity contribution in [2.45, 2.75) is 38.1 Å². The minimum atomic E-state index is -0.503. The molecule has 1 aliphatic heterocycles. The molecule has 1 heterocycles. The van der Waals surface area contributed by atoms with E-state index in [1.54, 1.807) is 6.07 Å². The highest BCUT2D eigenvalue weighted by Gasteiger charge is 2.14. The number of hydrogen-bond donors (Lipinski definition) is 2. The Morgan fingerprint density at radius 2 is 2.32 bits per heavy atom. The highest BCUT2D eigenvalue weighted by atomic mass is 35.5. The number of carbonyl (C=O) groups excluding carboxylic acids is 1. The predicted octanol–water partition coefficient (Wildman–Crippen LogP) is 3.34. The van der Waals surface area contributed by atoms with Crippen LogP contribution in [0.1, 0.15) is 32.1 Å².